The molecule has 118 valence electrons. The van der Waals surface area contributed by atoms with Gasteiger partial charge >= 0.3 is 6.18 Å². The fourth-order valence-electron chi connectivity index (χ4n) is 2.02. The Bertz CT molecular complexity index is 759. The van der Waals surface area contributed by atoms with Crippen molar-refractivity contribution in [3.63, 3.8) is 0 Å². The quantitative estimate of drug-likeness (QED) is 0.851. The third kappa shape index (κ3) is 4.10. The number of nitriles is 1. The molecule has 0 aliphatic heterocycles. The molecule has 0 saturated carbocycles. The van der Waals surface area contributed by atoms with Gasteiger partial charge in [0.15, 0.2) is 5.78 Å². The topological polar surface area (TPSA) is 52.9 Å². The van der Waals surface area contributed by atoms with Crippen LogP contribution in [0.3, 0.4) is 0 Å². The molecule has 0 bridgehead atoms. The highest BCUT2D eigenvalue weighted by Gasteiger charge is 2.29. The van der Waals surface area contributed by atoms with Crippen molar-refractivity contribution in [2.24, 2.45) is 0 Å². The molecule has 6 heteroatoms. The fraction of sp³-hybridized carbons (Fsp3) is 0.176. The van der Waals surface area contributed by atoms with E-state index in [1.165, 1.54) is 25.1 Å². The van der Waals surface area contributed by atoms with Gasteiger partial charge in [-0.1, -0.05) is 12.1 Å². The van der Waals surface area contributed by atoms with Gasteiger partial charge < -0.3 is 5.32 Å². The second-order valence-electron chi connectivity index (χ2n) is 4.98. The molecule has 3 nitrogen and oxygen atoms in total. The zero-order chi connectivity index (χ0) is 17.0. The van der Waals surface area contributed by atoms with Crippen LogP contribution >= 0.6 is 0 Å². The zero-order valence-corrected chi connectivity index (χ0v) is 12.2. The van der Waals surface area contributed by atoms with Crippen LogP contribution in [0.2, 0.25) is 0 Å². The summed E-state index contributed by atoms with van der Waals surface area (Å²) in [7, 11) is 0. The maximum atomic E-state index is 12.5. The molecule has 0 amide bonds. The average molecular weight is 318 g/mol. The smallest absolute Gasteiger partial charge is 0.380 e. The van der Waals surface area contributed by atoms with Crippen molar-refractivity contribution in [3.8, 4) is 6.07 Å². The summed E-state index contributed by atoms with van der Waals surface area (Å²) in [5.41, 5.74) is 1.22. The van der Waals surface area contributed by atoms with Crippen LogP contribution in [-0.2, 0) is 12.7 Å². The molecule has 0 aliphatic carbocycles. The van der Waals surface area contributed by atoms with Crippen molar-refractivity contribution in [2.75, 3.05) is 5.32 Å². The Morgan fingerprint density at radius 1 is 1.17 bits per heavy atom. The molecule has 1 N–H and O–H groups in total. The molecule has 0 atom stereocenters. The first-order chi connectivity index (χ1) is 10.8. The lowest BCUT2D eigenvalue weighted by molar-refractivity contribution is -0.137. The lowest BCUT2D eigenvalue weighted by Gasteiger charge is -2.11. The molecule has 2 aromatic rings. The van der Waals surface area contributed by atoms with Crippen molar-refractivity contribution < 1.29 is 18.0 Å². The summed E-state index contributed by atoms with van der Waals surface area (Å²) in [5, 5.41) is 12.0. The molecular formula is C17H13F3N2O. The van der Waals surface area contributed by atoms with Gasteiger partial charge in [0.05, 0.1) is 16.8 Å². The van der Waals surface area contributed by atoms with Crippen LogP contribution < -0.4 is 5.32 Å². The predicted molar refractivity (Wildman–Crippen MR) is 79.9 cm³/mol. The number of nitrogens with zero attached hydrogens (tertiary/aromatic N) is 1. The molecule has 0 aromatic heterocycles. The van der Waals surface area contributed by atoms with Crippen LogP contribution in [0.25, 0.3) is 0 Å². The minimum atomic E-state index is -4.37. The first-order valence-corrected chi connectivity index (χ1v) is 6.76. The first kappa shape index (κ1) is 16.6. The van der Waals surface area contributed by atoms with Crippen molar-refractivity contribution in [1.82, 2.24) is 0 Å². The maximum Gasteiger partial charge on any atom is 0.416 e. The number of anilines is 1. The molecule has 0 unspecified atom stereocenters. The number of nitrogens with one attached hydrogen (secondary N) is 1. The number of alkyl halides is 3. The highest BCUT2D eigenvalue weighted by molar-refractivity contribution is 5.95. The molecular weight excluding hydrogens is 305 g/mol. The van der Waals surface area contributed by atoms with Gasteiger partial charge in [-0.15, -0.1) is 0 Å². The maximum absolute atomic E-state index is 12.5. The number of ketones is 1. The van der Waals surface area contributed by atoms with E-state index in [4.69, 9.17) is 5.26 Å². The number of hydrogen-bond donors (Lipinski definition) is 1. The van der Waals surface area contributed by atoms with E-state index in [9.17, 15) is 18.0 Å². The standard InChI is InChI=1S/C17H13F3N2O/c1-11(23)13-4-5-14(9-21)16(8-13)22-10-12-2-6-15(7-3-12)17(18,19)20/h2-8,22H,10H2,1H3. The van der Waals surface area contributed by atoms with Crippen LogP contribution in [0.5, 0.6) is 0 Å². The Hall–Kier alpha value is -2.81. The number of hydrogen-bond acceptors (Lipinski definition) is 3. The summed E-state index contributed by atoms with van der Waals surface area (Å²) in [6.45, 7) is 1.66. The molecule has 0 heterocycles. The first-order valence-electron chi connectivity index (χ1n) is 6.76. The van der Waals surface area contributed by atoms with Crippen LogP contribution in [-0.4, -0.2) is 5.78 Å². The second kappa shape index (κ2) is 6.53. The van der Waals surface area contributed by atoms with Gasteiger partial charge in [-0.3, -0.25) is 4.79 Å². The Balaban J connectivity index is 2.16. The van der Waals surface area contributed by atoms with E-state index >= 15 is 0 Å². The molecule has 0 spiro atoms. The molecule has 23 heavy (non-hydrogen) atoms. The van der Waals surface area contributed by atoms with Gasteiger partial charge in [-0.2, -0.15) is 18.4 Å². The number of carbonyl (C=O) groups excluding carboxylic acids is 1. The highest BCUT2D eigenvalue weighted by Crippen LogP contribution is 2.29. The van der Waals surface area contributed by atoms with Crippen molar-refractivity contribution in [1.29, 1.82) is 5.26 Å². The van der Waals surface area contributed by atoms with Crippen molar-refractivity contribution in [3.05, 3.63) is 64.7 Å². The Morgan fingerprint density at radius 2 is 1.83 bits per heavy atom. The summed E-state index contributed by atoms with van der Waals surface area (Å²) in [4.78, 5) is 11.4. The number of halogens is 3. The summed E-state index contributed by atoms with van der Waals surface area (Å²) in [6.07, 6.45) is -4.37. The van der Waals surface area contributed by atoms with E-state index < -0.39 is 11.7 Å². The molecule has 0 radical (unpaired) electrons. The highest BCUT2D eigenvalue weighted by atomic mass is 19.4. The molecule has 2 aromatic carbocycles. The third-order valence-corrected chi connectivity index (χ3v) is 3.31. The lowest BCUT2D eigenvalue weighted by Crippen LogP contribution is -2.06. The Morgan fingerprint density at radius 3 is 2.35 bits per heavy atom. The molecule has 0 saturated heterocycles. The average Bonchev–Trinajstić information content (AvgIpc) is 2.52. The number of carbonyl (C=O) groups is 1. The lowest BCUT2D eigenvalue weighted by atomic mass is 10.1. The van der Waals surface area contributed by atoms with Gasteiger partial charge in [0, 0.05) is 12.1 Å². The minimum Gasteiger partial charge on any atom is -0.380 e. The number of rotatable bonds is 4. The Labute approximate surface area is 131 Å². The monoisotopic (exact) mass is 318 g/mol. The summed E-state index contributed by atoms with van der Waals surface area (Å²) < 4.78 is 37.5. The van der Waals surface area contributed by atoms with E-state index in [0.717, 1.165) is 12.1 Å². The number of benzene rings is 2. The molecule has 0 aliphatic rings. The minimum absolute atomic E-state index is 0.132. The van der Waals surface area contributed by atoms with Crippen LogP contribution in [0, 0.1) is 11.3 Å². The van der Waals surface area contributed by atoms with Gasteiger partial charge in [0.25, 0.3) is 0 Å². The van der Waals surface area contributed by atoms with Gasteiger partial charge in [0.1, 0.15) is 6.07 Å². The van der Waals surface area contributed by atoms with Gasteiger partial charge in [-0.25, -0.2) is 0 Å². The van der Waals surface area contributed by atoms with Crippen molar-refractivity contribution in [2.45, 2.75) is 19.6 Å². The van der Waals surface area contributed by atoms with Crippen molar-refractivity contribution >= 4 is 11.5 Å². The summed E-state index contributed by atoms with van der Waals surface area (Å²) >= 11 is 0. The van der Waals surface area contributed by atoms with E-state index in [2.05, 4.69) is 5.32 Å². The van der Waals surface area contributed by atoms with E-state index in [0.29, 0.717) is 22.4 Å². The number of Topliss-reactive ketones (excluding diaryl/α,β-unsaturated/α-hetero) is 1. The summed E-state index contributed by atoms with van der Waals surface area (Å²) in [5.74, 6) is -0.132. The molecule has 0 fully saturated rings. The van der Waals surface area contributed by atoms with Gasteiger partial charge in [-0.05, 0) is 42.8 Å². The normalized spacial score (nSPS) is 10.9. The largest absolute Gasteiger partial charge is 0.416 e. The summed E-state index contributed by atoms with van der Waals surface area (Å²) in [6, 6.07) is 11.4. The molecule has 2 rings (SSSR count). The van der Waals surface area contributed by atoms with Crippen LogP contribution in [0.15, 0.2) is 42.5 Å². The van der Waals surface area contributed by atoms with E-state index in [1.807, 2.05) is 6.07 Å². The van der Waals surface area contributed by atoms with Gasteiger partial charge in [0.2, 0.25) is 0 Å². The fourth-order valence-corrected chi connectivity index (χ4v) is 2.02. The van der Waals surface area contributed by atoms with Crippen LogP contribution in [0.4, 0.5) is 18.9 Å². The third-order valence-electron chi connectivity index (χ3n) is 3.31. The van der Waals surface area contributed by atoms with E-state index in [1.54, 1.807) is 12.1 Å². The SMILES string of the molecule is CC(=O)c1ccc(C#N)c(NCc2ccc(C(F)(F)F)cc2)c1. The Kier molecular flexibility index (Phi) is 4.70. The zero-order valence-electron chi connectivity index (χ0n) is 12.2. The second-order valence-corrected chi connectivity index (χ2v) is 4.98. The van der Waals surface area contributed by atoms with E-state index in [-0.39, 0.29) is 12.3 Å². The predicted octanol–water partition coefficient (Wildman–Crippen LogP) is 4.39. The van der Waals surface area contributed by atoms with Crippen LogP contribution in [0.1, 0.15) is 34.0 Å².